The molecule has 1 unspecified atom stereocenters. The van der Waals surface area contributed by atoms with Crippen molar-refractivity contribution < 1.29 is 18.3 Å². The van der Waals surface area contributed by atoms with E-state index in [2.05, 4.69) is 35.4 Å². The molecule has 0 aliphatic carbocycles. The van der Waals surface area contributed by atoms with Crippen LogP contribution in [-0.2, 0) is 17.7 Å². The van der Waals surface area contributed by atoms with Crippen LogP contribution >= 0.6 is 11.6 Å². The highest BCUT2D eigenvalue weighted by Gasteiger charge is 2.24. The third kappa shape index (κ3) is 7.23. The molecule has 0 aliphatic rings. The number of methoxy groups -OCH3 is 1. The van der Waals surface area contributed by atoms with Crippen LogP contribution in [0.5, 0.6) is 5.75 Å². The number of amides is 1. The number of carbonyl (C=O) groups excluding carboxylic acids is 1. The summed E-state index contributed by atoms with van der Waals surface area (Å²) in [5.41, 5.74) is 2.79. The summed E-state index contributed by atoms with van der Waals surface area (Å²) in [6, 6.07) is 21.8. The normalized spacial score (nSPS) is 11.3. The van der Waals surface area contributed by atoms with E-state index in [4.69, 9.17) is 16.3 Å². The number of aromatic nitrogens is 3. The predicted molar refractivity (Wildman–Crippen MR) is 164 cm³/mol. The number of ether oxygens (including phenoxy) is 1. The van der Waals surface area contributed by atoms with E-state index in [1.54, 1.807) is 67.0 Å². The maximum Gasteiger partial charge on any atom is 0.360 e. The summed E-state index contributed by atoms with van der Waals surface area (Å²) in [7, 11) is 1.52. The molecule has 0 saturated heterocycles. The predicted octanol–water partition coefficient (Wildman–Crippen LogP) is 6.06. The number of carbonyl (C=O) groups is 1. The van der Waals surface area contributed by atoms with E-state index in [1.165, 1.54) is 19.2 Å². The molecule has 0 bridgehead atoms. The Hall–Kier alpha value is -5.07. The number of nitrogens with one attached hydrogen (secondary N) is 1. The molecule has 0 aliphatic heterocycles. The lowest BCUT2D eigenvalue weighted by Crippen LogP contribution is -2.22. The Morgan fingerprint density at radius 1 is 1.05 bits per heavy atom. The Morgan fingerprint density at radius 3 is 2.56 bits per heavy atom. The molecule has 0 radical (unpaired) electrons. The summed E-state index contributed by atoms with van der Waals surface area (Å²) in [6.07, 6.45) is 3.99. The van der Waals surface area contributed by atoms with Crippen LogP contribution < -0.4 is 19.3 Å². The lowest BCUT2D eigenvalue weighted by atomic mass is 10.2. The Kier molecular flexibility index (Phi) is 9.39. The number of para-hydroxylation sites is 2. The lowest BCUT2D eigenvalue weighted by Gasteiger charge is -2.22. The molecule has 0 fully saturated rings. The number of halogens is 1. The molecule has 0 saturated carbocycles. The molecule has 43 heavy (non-hydrogen) atoms. The molecule has 1 atom stereocenters. The standard InChI is InChI=1S/C29H23ClN8O4S/c1-42-22-9-10-23(30)26(18-22)34-27-28(35-25-8-3-2-7-24(25)33-27)38(43(40)41)21-6-4-5-20(17-21)29(39)36-37-32-16-13-19-11-14-31-15-12-19/h2-12,14-15,17-18H,13,16H2,1H3,(H-,33,34,40,41)/p+1. The maximum atomic E-state index is 12.8. The Balaban J connectivity index is 1.48. The second-order valence-electron chi connectivity index (χ2n) is 8.90. The van der Waals surface area contributed by atoms with Crippen LogP contribution in [-0.4, -0.2) is 43.3 Å². The van der Waals surface area contributed by atoms with Crippen LogP contribution in [0.15, 0.2) is 101 Å². The number of benzene rings is 3. The summed E-state index contributed by atoms with van der Waals surface area (Å²) in [5.74, 6) is 0.00924. The van der Waals surface area contributed by atoms with Crippen molar-refractivity contribution >= 4 is 62.8 Å². The van der Waals surface area contributed by atoms with Gasteiger partial charge in [-0.2, -0.15) is 0 Å². The number of hydrogen-bond acceptors (Lipinski definition) is 8. The van der Waals surface area contributed by atoms with Gasteiger partial charge in [-0.3, -0.25) is 14.3 Å². The first-order chi connectivity index (χ1) is 20.9. The van der Waals surface area contributed by atoms with Crippen LogP contribution in [0.25, 0.3) is 11.0 Å². The van der Waals surface area contributed by atoms with Gasteiger partial charge in [0.2, 0.25) is 10.0 Å². The van der Waals surface area contributed by atoms with Gasteiger partial charge >= 0.3 is 5.91 Å². The molecule has 14 heteroatoms. The molecule has 5 aromatic rings. The highest BCUT2D eigenvalue weighted by molar-refractivity contribution is 7.81. The fraction of sp³-hybridized carbons (Fsp3) is 0.103. The highest BCUT2D eigenvalue weighted by Crippen LogP contribution is 2.36. The first-order valence-electron chi connectivity index (χ1n) is 12.8. The Morgan fingerprint density at radius 2 is 1.81 bits per heavy atom. The van der Waals surface area contributed by atoms with E-state index < -0.39 is 17.2 Å². The number of anilines is 4. The average Bonchev–Trinajstić information content (AvgIpc) is 3.02. The fourth-order valence-corrected chi connectivity index (χ4v) is 4.76. The SMILES string of the molecule is COc1ccc(Cl)c(Nc2nc3ccccc3nc2N(c2cccc(C(=O)N=[N+]=NCCc3ccncc3)c2)S(=O)O)c1. The summed E-state index contributed by atoms with van der Waals surface area (Å²) in [6.45, 7) is 0.339. The van der Waals surface area contributed by atoms with Gasteiger partial charge in [-0.25, -0.2) is 18.5 Å². The third-order valence-electron chi connectivity index (χ3n) is 6.10. The van der Waals surface area contributed by atoms with E-state index in [1.807, 2.05) is 12.1 Å². The van der Waals surface area contributed by atoms with Crippen molar-refractivity contribution in [2.45, 2.75) is 6.42 Å². The third-order valence-corrected chi connectivity index (χ3v) is 7.13. The number of pyridine rings is 1. The second kappa shape index (κ2) is 13.7. The monoisotopic (exact) mass is 615 g/mol. The molecular formula is C29H24ClN8O4S+. The number of fused-ring (bicyclic) bond motifs is 1. The fourth-order valence-electron chi connectivity index (χ4n) is 4.03. The summed E-state index contributed by atoms with van der Waals surface area (Å²) < 4.78 is 29.6. The van der Waals surface area contributed by atoms with Gasteiger partial charge in [0.1, 0.15) is 17.4 Å². The molecule has 2 N–H and O–H groups in total. The van der Waals surface area contributed by atoms with Crippen molar-refractivity contribution in [1.82, 2.24) is 19.9 Å². The Bertz CT molecular complexity index is 1870. The maximum absolute atomic E-state index is 12.8. The molecular weight excluding hydrogens is 592 g/mol. The van der Waals surface area contributed by atoms with Gasteiger partial charge < -0.3 is 10.1 Å². The molecule has 5 rings (SSSR count). The number of rotatable bonds is 10. The van der Waals surface area contributed by atoms with Gasteiger partial charge in [-0.05, 0) is 66.6 Å². The van der Waals surface area contributed by atoms with Crippen molar-refractivity contribution in [2.75, 3.05) is 23.3 Å². The van der Waals surface area contributed by atoms with Crippen LogP contribution in [0.2, 0.25) is 5.02 Å². The topological polar surface area (TPSA) is 156 Å². The van der Waals surface area contributed by atoms with Crippen molar-refractivity contribution in [3.05, 3.63) is 107 Å². The van der Waals surface area contributed by atoms with E-state index in [0.29, 0.717) is 40.5 Å². The van der Waals surface area contributed by atoms with Gasteiger partial charge in [0.25, 0.3) is 11.3 Å². The molecule has 2 aromatic heterocycles. The van der Waals surface area contributed by atoms with Gasteiger partial charge in [0.05, 0.1) is 40.1 Å². The first kappa shape index (κ1) is 29.4. The van der Waals surface area contributed by atoms with E-state index in [9.17, 15) is 13.6 Å². The van der Waals surface area contributed by atoms with Crippen LogP contribution in [0.3, 0.4) is 0 Å². The summed E-state index contributed by atoms with van der Waals surface area (Å²) in [4.78, 5) is 29.7. The second-order valence-corrected chi connectivity index (χ2v) is 10.1. The highest BCUT2D eigenvalue weighted by atomic mass is 35.5. The summed E-state index contributed by atoms with van der Waals surface area (Å²) in [5, 5.41) is 11.1. The van der Waals surface area contributed by atoms with Gasteiger partial charge in [-0.15, -0.1) is 0 Å². The Labute approximate surface area is 253 Å². The summed E-state index contributed by atoms with van der Waals surface area (Å²) >= 11 is 3.79. The number of nitrogens with zero attached hydrogens (tertiary/aromatic N) is 7. The van der Waals surface area contributed by atoms with Crippen LogP contribution in [0, 0.1) is 0 Å². The average molecular weight is 616 g/mol. The molecule has 3 aromatic carbocycles. The number of hydrogen-bond donors (Lipinski definition) is 2. The van der Waals surface area contributed by atoms with Crippen molar-refractivity contribution in [3.8, 4) is 5.75 Å². The molecule has 0 spiro atoms. The van der Waals surface area contributed by atoms with Crippen LogP contribution in [0.4, 0.5) is 23.0 Å². The van der Waals surface area contributed by atoms with Crippen molar-refractivity contribution in [3.63, 3.8) is 0 Å². The minimum atomic E-state index is -2.63. The minimum absolute atomic E-state index is 0.00996. The molecule has 1 amide bonds. The van der Waals surface area contributed by atoms with Gasteiger partial charge in [0, 0.05) is 18.5 Å². The lowest BCUT2D eigenvalue weighted by molar-refractivity contribution is 0.0992. The first-order valence-corrected chi connectivity index (χ1v) is 14.3. The largest absolute Gasteiger partial charge is 0.497 e. The van der Waals surface area contributed by atoms with Crippen molar-refractivity contribution in [2.24, 2.45) is 10.2 Å². The molecule has 216 valence electrons. The van der Waals surface area contributed by atoms with Gasteiger partial charge in [-0.1, -0.05) is 29.8 Å². The zero-order valence-electron chi connectivity index (χ0n) is 22.7. The zero-order chi connectivity index (χ0) is 30.2. The van der Waals surface area contributed by atoms with E-state index in [-0.39, 0.29) is 22.9 Å². The minimum Gasteiger partial charge on any atom is -0.497 e. The molecule has 12 nitrogen and oxygen atoms in total. The quantitative estimate of drug-likeness (QED) is 0.109. The zero-order valence-corrected chi connectivity index (χ0v) is 24.2. The van der Waals surface area contributed by atoms with Gasteiger partial charge in [0.15, 0.2) is 11.6 Å². The van der Waals surface area contributed by atoms with Crippen LogP contribution in [0.1, 0.15) is 15.9 Å². The molecule has 2 heterocycles. The van der Waals surface area contributed by atoms with Crippen molar-refractivity contribution in [1.29, 1.82) is 0 Å². The smallest absolute Gasteiger partial charge is 0.360 e. The van der Waals surface area contributed by atoms with E-state index in [0.717, 1.165) is 9.87 Å². The van der Waals surface area contributed by atoms with E-state index >= 15 is 0 Å².